The van der Waals surface area contributed by atoms with Crippen LogP contribution in [0.2, 0.25) is 0 Å². The van der Waals surface area contributed by atoms with Crippen LogP contribution in [0.5, 0.6) is 0 Å². The molecule has 2 aromatic heterocycles. The quantitative estimate of drug-likeness (QED) is 0.0251. The predicted octanol–water partition coefficient (Wildman–Crippen LogP) is 2.37. The van der Waals surface area contributed by atoms with Crippen LogP contribution in [-0.4, -0.2) is 99.9 Å². The van der Waals surface area contributed by atoms with Crippen LogP contribution in [-0.2, 0) is 81.1 Å². The minimum atomic E-state index is -2.10. The van der Waals surface area contributed by atoms with Gasteiger partial charge in [-0.1, -0.05) is 89.6 Å². The Morgan fingerprint density at radius 3 is 2.34 bits per heavy atom. The molecule has 4 aromatic rings. The second kappa shape index (κ2) is 24.3. The maximum Gasteiger partial charge on any atom is 0.343 e. The number of aromatic nitrogens is 2. The molecule has 0 saturated carbocycles. The molecule has 8 N–H and O–H groups in total. The highest BCUT2D eigenvalue weighted by Gasteiger charge is 2.46. The number of carbonyl (C=O) groups is 7. The standard InChI is InChI=1S/C53H65FN8O12/c1-5-8-9-11-14-30(6-2)19-33-32-17-18-38(46-34-26-62-41(47(34)60-39(45(32)46)22-37(33)54)21-36-35(50(62)69)27-73-52(71)53(36,72)7-3)61-49(68)51(70)74-28-58-43(65)24-57-48(67)40(20-31-15-12-10-13-16-31)59-44(66)25-56-42(64)23-55-29(4)63/h10,12-13,15-16,21-22,30,38,40,51,70,72H,5-9,11,14,17-20,23-28H2,1-4H3,(H,55,63)(H,56,64)(H,57,67)(H,58,65)(H,59,66)(H,61,68)/t30?,38-,40-,51-,53-/m0/s1. The van der Waals surface area contributed by atoms with E-state index >= 15 is 4.39 Å². The summed E-state index contributed by atoms with van der Waals surface area (Å²) < 4.78 is 28.6. The molecule has 74 heavy (non-hydrogen) atoms. The number of unbranched alkanes of at least 4 members (excludes halogenated alkanes) is 3. The minimum Gasteiger partial charge on any atom is -0.458 e. The Kier molecular flexibility index (Phi) is 17.9. The molecule has 396 valence electrons. The molecule has 20 nitrogen and oxygen atoms in total. The van der Waals surface area contributed by atoms with Crippen LogP contribution < -0.4 is 37.5 Å². The molecule has 0 bridgehead atoms. The number of carbonyl (C=O) groups excluding carboxylic acids is 7. The number of nitrogens with zero attached hydrogens (tertiary/aromatic N) is 2. The Balaban J connectivity index is 1.06. The fraction of sp³-hybridized carbons (Fsp3) is 0.491. The normalized spacial score (nSPS) is 17.4. The Bertz CT molecular complexity index is 2880. The van der Waals surface area contributed by atoms with Gasteiger partial charge in [0.15, 0.2) is 5.60 Å². The van der Waals surface area contributed by atoms with Gasteiger partial charge in [-0.05, 0) is 59.9 Å². The highest BCUT2D eigenvalue weighted by molar-refractivity contribution is 5.95. The van der Waals surface area contributed by atoms with Crippen molar-refractivity contribution in [3.05, 3.63) is 97.6 Å². The number of nitrogens with one attached hydrogen (secondary N) is 6. The maximum absolute atomic E-state index is 16.5. The third-order valence-corrected chi connectivity index (χ3v) is 14.1. The highest BCUT2D eigenvalue weighted by atomic mass is 19.1. The molecule has 7 rings (SSSR count). The van der Waals surface area contributed by atoms with Crippen molar-refractivity contribution < 1.29 is 57.6 Å². The lowest BCUT2D eigenvalue weighted by molar-refractivity contribution is -0.172. The molecule has 0 spiro atoms. The molecule has 4 heterocycles. The Labute approximate surface area is 426 Å². The largest absolute Gasteiger partial charge is 0.458 e. The van der Waals surface area contributed by atoms with Crippen LogP contribution in [0.3, 0.4) is 0 Å². The molecule has 2 aliphatic heterocycles. The number of hydrogen-bond acceptors (Lipinski definition) is 13. The average Bonchev–Trinajstić information content (AvgIpc) is 3.76. The van der Waals surface area contributed by atoms with Crippen LogP contribution in [0.25, 0.3) is 22.3 Å². The van der Waals surface area contributed by atoms with Crippen molar-refractivity contribution in [3.8, 4) is 11.4 Å². The van der Waals surface area contributed by atoms with E-state index in [1.54, 1.807) is 43.3 Å². The number of benzene rings is 2. The van der Waals surface area contributed by atoms with Gasteiger partial charge in [-0.3, -0.25) is 33.6 Å². The monoisotopic (exact) mass is 1020 g/mol. The molecule has 1 aliphatic carbocycles. The molecular formula is C53H65FN8O12. The number of ether oxygens (including phenoxy) is 2. The number of aliphatic hydroxyl groups excluding tert-OH is 1. The number of hydrogen-bond donors (Lipinski definition) is 8. The lowest BCUT2D eigenvalue weighted by Gasteiger charge is -2.31. The van der Waals surface area contributed by atoms with Gasteiger partial charge >= 0.3 is 5.97 Å². The van der Waals surface area contributed by atoms with Crippen LogP contribution >= 0.6 is 0 Å². The van der Waals surface area contributed by atoms with Gasteiger partial charge in [0.05, 0.1) is 54.7 Å². The number of cyclic esters (lactones) is 1. The number of aliphatic hydroxyl groups is 2. The van der Waals surface area contributed by atoms with Gasteiger partial charge < -0.3 is 56.2 Å². The van der Waals surface area contributed by atoms with Gasteiger partial charge in [0.2, 0.25) is 35.8 Å². The number of pyridine rings is 2. The Morgan fingerprint density at radius 2 is 1.62 bits per heavy atom. The summed E-state index contributed by atoms with van der Waals surface area (Å²) in [5.74, 6) is -5.28. The van der Waals surface area contributed by atoms with E-state index in [9.17, 15) is 48.6 Å². The van der Waals surface area contributed by atoms with E-state index in [1.807, 2.05) is 0 Å². The summed E-state index contributed by atoms with van der Waals surface area (Å²) >= 11 is 0. The Hall–Kier alpha value is -7.10. The first kappa shape index (κ1) is 54.7. The van der Waals surface area contributed by atoms with Gasteiger partial charge in [-0.25, -0.2) is 14.2 Å². The van der Waals surface area contributed by atoms with Crippen molar-refractivity contribution in [1.82, 2.24) is 41.5 Å². The van der Waals surface area contributed by atoms with Gasteiger partial charge in [0.25, 0.3) is 11.5 Å². The van der Waals surface area contributed by atoms with E-state index < -0.39 is 96.6 Å². The fourth-order valence-electron chi connectivity index (χ4n) is 10.0. The number of fused-ring (bicyclic) bond motifs is 5. The van der Waals surface area contributed by atoms with Crippen LogP contribution in [0.4, 0.5) is 4.39 Å². The predicted molar refractivity (Wildman–Crippen MR) is 267 cm³/mol. The molecule has 21 heteroatoms. The average molecular weight is 1030 g/mol. The lowest BCUT2D eigenvalue weighted by Crippen LogP contribution is -2.52. The van der Waals surface area contributed by atoms with Crippen molar-refractivity contribution in [2.24, 2.45) is 5.92 Å². The van der Waals surface area contributed by atoms with E-state index in [1.165, 1.54) is 17.6 Å². The SMILES string of the molecule is CCCCCCC(CC)Cc1c(F)cc2nc3c(c4c2c1CC[C@@H]4NC(=O)[C@@H](O)OCNC(=O)CNC(=O)[C@H](Cc1ccccc1)NC(=O)CNC(=O)CNC(C)=O)Cn1c-3cc2c(c1=O)COC(=O)[C@]2(O)CC. The summed E-state index contributed by atoms with van der Waals surface area (Å²) in [7, 11) is 0. The van der Waals surface area contributed by atoms with E-state index in [2.05, 4.69) is 45.7 Å². The third kappa shape index (κ3) is 12.3. The van der Waals surface area contributed by atoms with Crippen molar-refractivity contribution in [3.63, 3.8) is 0 Å². The molecule has 0 radical (unpaired) electrons. The van der Waals surface area contributed by atoms with Gasteiger partial charge in [-0.15, -0.1) is 0 Å². The molecule has 3 aliphatic rings. The fourth-order valence-corrected chi connectivity index (χ4v) is 10.0. The lowest BCUT2D eigenvalue weighted by atomic mass is 9.79. The zero-order chi connectivity index (χ0) is 53.3. The number of rotatable bonds is 24. The summed E-state index contributed by atoms with van der Waals surface area (Å²) in [6, 6.07) is 9.72. The van der Waals surface area contributed by atoms with E-state index in [-0.39, 0.29) is 61.5 Å². The molecule has 5 atom stereocenters. The number of aryl methyl sites for hydroxylation is 1. The van der Waals surface area contributed by atoms with Crippen molar-refractivity contribution >= 4 is 52.3 Å². The third-order valence-electron chi connectivity index (χ3n) is 14.1. The van der Waals surface area contributed by atoms with Crippen LogP contribution in [0.15, 0.2) is 47.3 Å². The van der Waals surface area contributed by atoms with Crippen LogP contribution in [0.1, 0.15) is 124 Å². The van der Waals surface area contributed by atoms with Gasteiger partial charge in [-0.2, -0.15) is 0 Å². The topological polar surface area (TPSA) is 285 Å². The molecule has 0 saturated heterocycles. The highest BCUT2D eigenvalue weighted by Crippen LogP contribution is 2.46. The van der Waals surface area contributed by atoms with E-state index in [0.717, 1.165) is 44.1 Å². The minimum absolute atomic E-state index is 0.00139. The van der Waals surface area contributed by atoms with E-state index in [4.69, 9.17) is 14.5 Å². The molecular weight excluding hydrogens is 960 g/mol. The van der Waals surface area contributed by atoms with E-state index in [0.29, 0.717) is 51.9 Å². The van der Waals surface area contributed by atoms with Gasteiger partial charge in [0, 0.05) is 35.9 Å². The first-order valence-corrected chi connectivity index (χ1v) is 25.3. The first-order valence-electron chi connectivity index (χ1n) is 25.3. The van der Waals surface area contributed by atoms with Crippen molar-refractivity contribution in [2.75, 3.05) is 26.4 Å². The molecule has 1 unspecified atom stereocenters. The summed E-state index contributed by atoms with van der Waals surface area (Å²) in [6.45, 7) is 4.68. The molecule has 0 fully saturated rings. The van der Waals surface area contributed by atoms with Crippen molar-refractivity contribution in [2.45, 2.75) is 135 Å². The smallest absolute Gasteiger partial charge is 0.343 e. The second-order valence-electron chi connectivity index (χ2n) is 19.1. The van der Waals surface area contributed by atoms with Crippen molar-refractivity contribution in [1.29, 1.82) is 0 Å². The zero-order valence-electron chi connectivity index (χ0n) is 42.1. The molecule has 6 amide bonds. The number of halogens is 1. The number of amides is 6. The number of esters is 1. The zero-order valence-corrected chi connectivity index (χ0v) is 42.1. The second-order valence-corrected chi connectivity index (χ2v) is 19.1. The summed E-state index contributed by atoms with van der Waals surface area (Å²) in [6.07, 6.45) is 5.14. The first-order chi connectivity index (χ1) is 35.5. The summed E-state index contributed by atoms with van der Waals surface area (Å²) in [4.78, 5) is 108. The maximum atomic E-state index is 16.5. The summed E-state index contributed by atoms with van der Waals surface area (Å²) in [5, 5.41) is 38.0. The van der Waals surface area contributed by atoms with Gasteiger partial charge in [0.1, 0.15) is 25.2 Å². The molecule has 2 aromatic carbocycles. The summed E-state index contributed by atoms with van der Waals surface area (Å²) in [5.41, 5.74) is 1.74. The Morgan fingerprint density at radius 1 is 0.892 bits per heavy atom. The van der Waals surface area contributed by atoms with Crippen LogP contribution in [0, 0.1) is 11.7 Å².